The number of nitrogens with one attached hydrogen (secondary N) is 2. The number of para-hydroxylation sites is 1. The Labute approximate surface area is 163 Å². The third-order valence-electron chi connectivity index (χ3n) is 4.25. The molecule has 0 aliphatic heterocycles. The number of hydroxylamine groups is 2. The van der Waals surface area contributed by atoms with Crippen LogP contribution in [0.3, 0.4) is 0 Å². The number of rotatable bonds is 11. The van der Waals surface area contributed by atoms with Crippen molar-refractivity contribution in [2.24, 2.45) is 5.92 Å². The SMILES string of the molecule is CCCCC[C@H](CN(O)C=O)C(=O)NNc1nccc(-c2ccccc2N)n1. The average Bonchev–Trinajstić information content (AvgIpc) is 2.71. The Kier molecular flexibility index (Phi) is 8.16. The van der Waals surface area contributed by atoms with Crippen molar-refractivity contribution in [2.45, 2.75) is 32.6 Å². The number of nitrogens with zero attached hydrogens (tertiary/aromatic N) is 3. The van der Waals surface area contributed by atoms with Crippen molar-refractivity contribution in [1.29, 1.82) is 0 Å². The predicted molar refractivity (Wildman–Crippen MR) is 106 cm³/mol. The van der Waals surface area contributed by atoms with E-state index in [9.17, 15) is 14.8 Å². The van der Waals surface area contributed by atoms with Crippen LogP contribution in [-0.2, 0) is 9.59 Å². The van der Waals surface area contributed by atoms with Gasteiger partial charge in [-0.25, -0.2) is 15.0 Å². The Hall–Kier alpha value is -3.20. The molecule has 9 nitrogen and oxygen atoms in total. The van der Waals surface area contributed by atoms with Crippen LogP contribution in [-0.4, -0.2) is 39.1 Å². The fourth-order valence-electron chi connectivity index (χ4n) is 2.73. The molecule has 0 saturated heterocycles. The van der Waals surface area contributed by atoms with Gasteiger partial charge in [-0.3, -0.25) is 25.6 Å². The third-order valence-corrected chi connectivity index (χ3v) is 4.25. The normalized spacial score (nSPS) is 11.5. The van der Waals surface area contributed by atoms with E-state index in [1.165, 1.54) is 0 Å². The van der Waals surface area contributed by atoms with Gasteiger partial charge < -0.3 is 5.73 Å². The maximum Gasteiger partial charge on any atom is 0.243 e. The Bertz CT molecular complexity index is 786. The standard InChI is InChI=1S/C19H26N6O3/c1-2-3-4-7-14(12-25(28)13-26)18(27)23-24-19-21-11-10-17(22-19)15-8-5-6-9-16(15)20/h5-6,8-11,13-14,28H,2-4,7,12,20H2,1H3,(H,23,27)(H,21,22,24)/t14-/m1/s1. The van der Waals surface area contributed by atoms with Gasteiger partial charge >= 0.3 is 0 Å². The van der Waals surface area contributed by atoms with E-state index >= 15 is 0 Å². The second-order valence-corrected chi connectivity index (χ2v) is 6.39. The molecule has 2 amide bonds. The molecule has 5 N–H and O–H groups in total. The van der Waals surface area contributed by atoms with Crippen LogP contribution < -0.4 is 16.6 Å². The molecule has 0 spiro atoms. The van der Waals surface area contributed by atoms with Crippen LogP contribution in [0.25, 0.3) is 11.3 Å². The molecule has 150 valence electrons. The van der Waals surface area contributed by atoms with Crippen molar-refractivity contribution in [3.05, 3.63) is 36.5 Å². The Morgan fingerprint density at radius 3 is 2.82 bits per heavy atom. The molecule has 0 saturated carbocycles. The van der Waals surface area contributed by atoms with E-state index in [0.717, 1.165) is 24.8 Å². The number of anilines is 2. The number of aromatic nitrogens is 2. The summed E-state index contributed by atoms with van der Waals surface area (Å²) in [5.41, 5.74) is 13.2. The lowest BCUT2D eigenvalue weighted by Gasteiger charge is -2.19. The van der Waals surface area contributed by atoms with E-state index in [2.05, 4.69) is 27.7 Å². The summed E-state index contributed by atoms with van der Waals surface area (Å²) in [6, 6.07) is 9.04. The van der Waals surface area contributed by atoms with Crippen LogP contribution in [0.15, 0.2) is 36.5 Å². The minimum Gasteiger partial charge on any atom is -0.398 e. The first kappa shape index (κ1) is 21.1. The molecule has 0 aliphatic carbocycles. The highest BCUT2D eigenvalue weighted by Gasteiger charge is 2.20. The number of carbonyl (C=O) groups is 2. The summed E-state index contributed by atoms with van der Waals surface area (Å²) in [7, 11) is 0. The lowest BCUT2D eigenvalue weighted by molar-refractivity contribution is -0.154. The molecular weight excluding hydrogens is 360 g/mol. The van der Waals surface area contributed by atoms with Gasteiger partial charge in [-0.1, -0.05) is 44.4 Å². The maximum absolute atomic E-state index is 12.5. The van der Waals surface area contributed by atoms with E-state index in [0.29, 0.717) is 22.9 Å². The summed E-state index contributed by atoms with van der Waals surface area (Å²) in [5, 5.41) is 9.91. The van der Waals surface area contributed by atoms with Crippen LogP contribution in [0.1, 0.15) is 32.6 Å². The van der Waals surface area contributed by atoms with Crippen LogP contribution in [0.5, 0.6) is 0 Å². The Morgan fingerprint density at radius 1 is 1.32 bits per heavy atom. The summed E-state index contributed by atoms with van der Waals surface area (Å²) >= 11 is 0. The maximum atomic E-state index is 12.5. The first-order valence-corrected chi connectivity index (χ1v) is 9.19. The number of carbonyl (C=O) groups excluding carboxylic acids is 2. The topological polar surface area (TPSA) is 133 Å². The molecule has 1 heterocycles. The van der Waals surface area contributed by atoms with Gasteiger partial charge in [0, 0.05) is 17.4 Å². The molecule has 0 fully saturated rings. The summed E-state index contributed by atoms with van der Waals surface area (Å²) < 4.78 is 0. The molecule has 2 rings (SSSR count). The van der Waals surface area contributed by atoms with Gasteiger partial charge in [0.05, 0.1) is 18.2 Å². The largest absolute Gasteiger partial charge is 0.398 e. The highest BCUT2D eigenvalue weighted by molar-refractivity contribution is 5.80. The summed E-state index contributed by atoms with van der Waals surface area (Å²) in [6.07, 6.45) is 5.18. The first-order chi connectivity index (χ1) is 13.5. The van der Waals surface area contributed by atoms with Crippen molar-refractivity contribution in [1.82, 2.24) is 20.5 Å². The van der Waals surface area contributed by atoms with Gasteiger partial charge in [0.25, 0.3) is 0 Å². The number of amides is 2. The number of unbranched alkanes of at least 4 members (excludes halogenated alkanes) is 2. The second-order valence-electron chi connectivity index (χ2n) is 6.39. The van der Waals surface area contributed by atoms with E-state index in [-0.39, 0.29) is 24.8 Å². The van der Waals surface area contributed by atoms with Crippen molar-refractivity contribution in [2.75, 3.05) is 17.7 Å². The molecule has 9 heteroatoms. The van der Waals surface area contributed by atoms with E-state index in [1.807, 2.05) is 18.2 Å². The lowest BCUT2D eigenvalue weighted by Crippen LogP contribution is -2.40. The number of nitrogen functional groups attached to an aromatic ring is 1. The molecule has 1 atom stereocenters. The fourth-order valence-corrected chi connectivity index (χ4v) is 2.73. The summed E-state index contributed by atoms with van der Waals surface area (Å²) in [4.78, 5) is 31.6. The lowest BCUT2D eigenvalue weighted by atomic mass is 10.0. The van der Waals surface area contributed by atoms with Crippen LogP contribution in [0, 0.1) is 5.92 Å². The number of hydrogen-bond donors (Lipinski definition) is 4. The van der Waals surface area contributed by atoms with Crippen LogP contribution in [0.2, 0.25) is 0 Å². The van der Waals surface area contributed by atoms with Crippen molar-refractivity contribution >= 4 is 24.0 Å². The predicted octanol–water partition coefficient (Wildman–Crippen LogP) is 2.21. The zero-order valence-electron chi connectivity index (χ0n) is 15.8. The number of nitrogens with two attached hydrogens (primary N) is 1. The average molecular weight is 386 g/mol. The fraction of sp³-hybridized carbons (Fsp3) is 0.368. The minimum absolute atomic E-state index is 0.0812. The Balaban J connectivity index is 2.02. The second kappa shape index (κ2) is 10.8. The van der Waals surface area contributed by atoms with E-state index in [1.54, 1.807) is 18.3 Å². The molecule has 1 aromatic heterocycles. The first-order valence-electron chi connectivity index (χ1n) is 9.19. The number of hydrazine groups is 1. The number of benzene rings is 1. The van der Waals surface area contributed by atoms with Crippen molar-refractivity contribution < 1.29 is 14.8 Å². The highest BCUT2D eigenvalue weighted by atomic mass is 16.5. The van der Waals surface area contributed by atoms with Gasteiger partial charge in [0.15, 0.2) is 0 Å². The molecule has 0 radical (unpaired) electrons. The Morgan fingerprint density at radius 2 is 2.11 bits per heavy atom. The van der Waals surface area contributed by atoms with Crippen molar-refractivity contribution in [3.63, 3.8) is 0 Å². The number of hydrogen-bond acceptors (Lipinski definition) is 7. The molecule has 2 aromatic rings. The van der Waals surface area contributed by atoms with Gasteiger partial charge in [-0.2, -0.15) is 0 Å². The van der Waals surface area contributed by atoms with E-state index < -0.39 is 5.92 Å². The zero-order valence-corrected chi connectivity index (χ0v) is 15.8. The molecular formula is C19H26N6O3. The van der Waals surface area contributed by atoms with Gasteiger partial charge in [0.2, 0.25) is 18.3 Å². The zero-order chi connectivity index (χ0) is 20.4. The third kappa shape index (κ3) is 6.20. The van der Waals surface area contributed by atoms with E-state index in [4.69, 9.17) is 5.73 Å². The smallest absolute Gasteiger partial charge is 0.243 e. The minimum atomic E-state index is -0.554. The van der Waals surface area contributed by atoms with Gasteiger partial charge in [0.1, 0.15) is 0 Å². The quantitative estimate of drug-likeness (QED) is 0.153. The van der Waals surface area contributed by atoms with Crippen LogP contribution >= 0.6 is 0 Å². The van der Waals surface area contributed by atoms with Gasteiger partial charge in [-0.15, -0.1) is 0 Å². The summed E-state index contributed by atoms with van der Waals surface area (Å²) in [6.45, 7) is 1.98. The van der Waals surface area contributed by atoms with Crippen molar-refractivity contribution in [3.8, 4) is 11.3 Å². The molecule has 28 heavy (non-hydrogen) atoms. The van der Waals surface area contributed by atoms with Gasteiger partial charge in [-0.05, 0) is 18.6 Å². The highest BCUT2D eigenvalue weighted by Crippen LogP contribution is 2.23. The molecule has 0 unspecified atom stereocenters. The summed E-state index contributed by atoms with van der Waals surface area (Å²) in [5.74, 6) is -0.704. The monoisotopic (exact) mass is 386 g/mol. The molecule has 1 aromatic carbocycles. The van der Waals surface area contributed by atoms with Crippen LogP contribution in [0.4, 0.5) is 11.6 Å². The molecule has 0 aliphatic rings. The molecule has 0 bridgehead atoms.